The molecular weight excluding hydrogens is 370 g/mol. The van der Waals surface area contributed by atoms with Crippen LogP contribution in [0.1, 0.15) is 20.9 Å². The zero-order valence-electron chi connectivity index (χ0n) is 14.5. The van der Waals surface area contributed by atoms with Gasteiger partial charge >= 0.3 is 5.97 Å². The van der Waals surface area contributed by atoms with Crippen molar-refractivity contribution in [3.63, 3.8) is 0 Å². The molecule has 0 fully saturated rings. The smallest absolute Gasteiger partial charge is 0.350 e. The summed E-state index contributed by atoms with van der Waals surface area (Å²) in [7, 11) is 1.31. The lowest BCUT2D eigenvalue weighted by atomic mass is 10.2. The van der Waals surface area contributed by atoms with Gasteiger partial charge < -0.3 is 10.1 Å². The van der Waals surface area contributed by atoms with E-state index < -0.39 is 5.97 Å². The van der Waals surface area contributed by atoms with E-state index in [9.17, 15) is 9.59 Å². The number of ether oxygens (including phenoxy) is 1. The van der Waals surface area contributed by atoms with Crippen LogP contribution in [0.25, 0.3) is 10.9 Å². The summed E-state index contributed by atoms with van der Waals surface area (Å²) in [6.45, 7) is 3.68. The van der Waals surface area contributed by atoms with E-state index in [1.807, 2.05) is 31.2 Å². The Morgan fingerprint density at radius 1 is 1.23 bits per heavy atom. The molecule has 3 aromatic rings. The van der Waals surface area contributed by atoms with Crippen LogP contribution >= 0.6 is 23.1 Å². The number of para-hydroxylation sites is 1. The summed E-state index contributed by atoms with van der Waals surface area (Å²) < 4.78 is 4.70. The Balaban J connectivity index is 1.66. The molecule has 0 radical (unpaired) electrons. The third kappa shape index (κ3) is 4.03. The van der Waals surface area contributed by atoms with Crippen molar-refractivity contribution in [2.24, 2.45) is 0 Å². The van der Waals surface area contributed by atoms with E-state index in [0.717, 1.165) is 32.8 Å². The summed E-state index contributed by atoms with van der Waals surface area (Å²) in [5.41, 5.74) is 2.47. The van der Waals surface area contributed by atoms with Gasteiger partial charge in [-0.25, -0.2) is 14.8 Å². The van der Waals surface area contributed by atoms with Crippen LogP contribution in [0.5, 0.6) is 0 Å². The number of nitrogens with zero attached hydrogens (tertiary/aromatic N) is 2. The molecule has 3 rings (SSSR count). The highest BCUT2D eigenvalue weighted by atomic mass is 32.2. The second-order valence-corrected chi connectivity index (χ2v) is 7.53. The van der Waals surface area contributed by atoms with Crippen LogP contribution in [0.2, 0.25) is 0 Å². The molecular formula is C18H17N3O3S2. The minimum Gasteiger partial charge on any atom is -0.465 e. The SMILES string of the molecule is COC(=O)c1sc(NC(=O)CSc2nc3ccccc3cc2C)nc1C. The van der Waals surface area contributed by atoms with Crippen molar-refractivity contribution < 1.29 is 14.3 Å². The number of hydrogen-bond acceptors (Lipinski definition) is 7. The number of carbonyl (C=O) groups is 2. The highest BCUT2D eigenvalue weighted by Crippen LogP contribution is 2.26. The van der Waals surface area contributed by atoms with Gasteiger partial charge in [0.2, 0.25) is 5.91 Å². The fourth-order valence-electron chi connectivity index (χ4n) is 2.37. The number of benzene rings is 1. The molecule has 1 aromatic carbocycles. The molecule has 0 aliphatic rings. The molecule has 2 aromatic heterocycles. The van der Waals surface area contributed by atoms with Crippen molar-refractivity contribution in [3.05, 3.63) is 46.5 Å². The van der Waals surface area contributed by atoms with Crippen LogP contribution in [0.3, 0.4) is 0 Å². The number of hydrogen-bond donors (Lipinski definition) is 1. The number of fused-ring (bicyclic) bond motifs is 1. The average Bonchev–Trinajstić information content (AvgIpc) is 2.99. The molecule has 2 heterocycles. The maximum absolute atomic E-state index is 12.2. The number of esters is 1. The summed E-state index contributed by atoms with van der Waals surface area (Å²) in [6, 6.07) is 9.94. The number of pyridine rings is 1. The van der Waals surface area contributed by atoms with Crippen LogP contribution < -0.4 is 5.32 Å². The van der Waals surface area contributed by atoms with Gasteiger partial charge in [0.15, 0.2) is 5.13 Å². The predicted molar refractivity (Wildman–Crippen MR) is 104 cm³/mol. The van der Waals surface area contributed by atoms with Gasteiger partial charge in [0.1, 0.15) is 9.90 Å². The molecule has 0 bridgehead atoms. The van der Waals surface area contributed by atoms with Crippen LogP contribution in [0.15, 0.2) is 35.4 Å². The molecule has 134 valence electrons. The predicted octanol–water partition coefficient (Wildman–Crippen LogP) is 3.83. The standard InChI is InChI=1S/C18H17N3O3S2/c1-10-8-12-6-4-5-7-13(12)20-16(10)25-9-14(22)21-18-19-11(2)15(26-18)17(23)24-3/h4-8H,9H2,1-3H3,(H,19,21,22). The van der Waals surface area contributed by atoms with Crippen LogP contribution in [0, 0.1) is 13.8 Å². The molecule has 0 atom stereocenters. The summed E-state index contributed by atoms with van der Waals surface area (Å²) in [4.78, 5) is 33.0. The van der Waals surface area contributed by atoms with E-state index in [2.05, 4.69) is 21.4 Å². The second-order valence-electron chi connectivity index (χ2n) is 5.57. The number of nitrogens with one attached hydrogen (secondary N) is 1. The van der Waals surface area contributed by atoms with E-state index in [1.165, 1.54) is 18.9 Å². The van der Waals surface area contributed by atoms with Gasteiger partial charge in [0.25, 0.3) is 0 Å². The number of thiazole rings is 1. The molecule has 0 saturated carbocycles. The molecule has 1 N–H and O–H groups in total. The first-order valence-corrected chi connectivity index (χ1v) is 9.63. The molecule has 8 heteroatoms. The minimum atomic E-state index is -0.453. The number of aryl methyl sites for hydroxylation is 2. The number of rotatable bonds is 5. The van der Waals surface area contributed by atoms with Crippen molar-refractivity contribution >= 4 is 51.0 Å². The van der Waals surface area contributed by atoms with E-state index >= 15 is 0 Å². The molecule has 0 spiro atoms. The number of amides is 1. The van der Waals surface area contributed by atoms with Crippen molar-refractivity contribution in [1.82, 2.24) is 9.97 Å². The zero-order valence-corrected chi connectivity index (χ0v) is 16.2. The quantitative estimate of drug-likeness (QED) is 0.529. The van der Waals surface area contributed by atoms with Gasteiger partial charge in [0, 0.05) is 5.39 Å². The largest absolute Gasteiger partial charge is 0.465 e. The number of aromatic nitrogens is 2. The fourth-order valence-corrected chi connectivity index (χ4v) is 4.06. The third-order valence-electron chi connectivity index (χ3n) is 3.62. The van der Waals surface area contributed by atoms with Gasteiger partial charge in [-0.2, -0.15) is 0 Å². The highest BCUT2D eigenvalue weighted by molar-refractivity contribution is 8.00. The summed E-state index contributed by atoms with van der Waals surface area (Å²) in [5.74, 6) is -0.446. The minimum absolute atomic E-state index is 0.200. The topological polar surface area (TPSA) is 81.2 Å². The molecule has 0 aliphatic carbocycles. The Morgan fingerprint density at radius 2 is 2.00 bits per heavy atom. The lowest BCUT2D eigenvalue weighted by Crippen LogP contribution is -2.14. The van der Waals surface area contributed by atoms with E-state index in [-0.39, 0.29) is 11.7 Å². The van der Waals surface area contributed by atoms with Crippen molar-refractivity contribution in [2.45, 2.75) is 18.9 Å². The van der Waals surface area contributed by atoms with Crippen LogP contribution in [-0.2, 0) is 9.53 Å². The Labute approximate surface area is 159 Å². The maximum atomic E-state index is 12.2. The second kappa shape index (κ2) is 7.84. The van der Waals surface area contributed by atoms with Crippen molar-refractivity contribution in [2.75, 3.05) is 18.2 Å². The monoisotopic (exact) mass is 387 g/mol. The first kappa shape index (κ1) is 18.3. The molecule has 6 nitrogen and oxygen atoms in total. The lowest BCUT2D eigenvalue weighted by molar-refractivity contribution is -0.113. The Hall–Kier alpha value is -2.45. The maximum Gasteiger partial charge on any atom is 0.350 e. The van der Waals surface area contributed by atoms with Crippen molar-refractivity contribution in [3.8, 4) is 0 Å². The Bertz CT molecular complexity index is 985. The van der Waals surface area contributed by atoms with Gasteiger partial charge in [-0.05, 0) is 31.5 Å². The Morgan fingerprint density at radius 3 is 2.77 bits per heavy atom. The molecule has 0 saturated heterocycles. The number of methoxy groups -OCH3 is 1. The fraction of sp³-hybridized carbons (Fsp3) is 0.222. The molecule has 26 heavy (non-hydrogen) atoms. The summed E-state index contributed by atoms with van der Waals surface area (Å²) >= 11 is 2.48. The molecule has 0 aliphatic heterocycles. The van der Waals surface area contributed by atoms with Gasteiger partial charge in [-0.1, -0.05) is 41.3 Å². The highest BCUT2D eigenvalue weighted by Gasteiger charge is 2.17. The molecule has 1 amide bonds. The normalized spacial score (nSPS) is 10.7. The number of carbonyl (C=O) groups excluding carboxylic acids is 2. The average molecular weight is 387 g/mol. The van der Waals surface area contributed by atoms with Gasteiger partial charge in [0.05, 0.1) is 24.1 Å². The third-order valence-corrected chi connectivity index (χ3v) is 5.77. The zero-order chi connectivity index (χ0) is 18.7. The van der Waals surface area contributed by atoms with Crippen LogP contribution in [0.4, 0.5) is 5.13 Å². The Kier molecular flexibility index (Phi) is 5.53. The number of anilines is 1. The van der Waals surface area contributed by atoms with E-state index in [1.54, 1.807) is 6.92 Å². The number of thioether (sulfide) groups is 1. The lowest BCUT2D eigenvalue weighted by Gasteiger charge is -2.07. The first-order valence-electron chi connectivity index (χ1n) is 7.82. The van der Waals surface area contributed by atoms with Crippen molar-refractivity contribution in [1.29, 1.82) is 0 Å². The first-order chi connectivity index (χ1) is 12.5. The summed E-state index contributed by atoms with van der Waals surface area (Å²) in [5, 5.41) is 5.01. The van der Waals surface area contributed by atoms with Gasteiger partial charge in [-0.3, -0.25) is 4.79 Å². The van der Waals surface area contributed by atoms with E-state index in [4.69, 9.17) is 4.74 Å². The summed E-state index contributed by atoms with van der Waals surface area (Å²) in [6.07, 6.45) is 0. The molecule has 0 unspecified atom stereocenters. The van der Waals surface area contributed by atoms with E-state index in [0.29, 0.717) is 15.7 Å². The van der Waals surface area contributed by atoms with Gasteiger partial charge in [-0.15, -0.1) is 0 Å². The van der Waals surface area contributed by atoms with Crippen LogP contribution in [-0.4, -0.2) is 34.7 Å².